The number of nitrogens with zero attached hydrogens (tertiary/aromatic N) is 1. The zero-order valence-electron chi connectivity index (χ0n) is 11.2. The van der Waals surface area contributed by atoms with E-state index >= 15 is 0 Å². The highest BCUT2D eigenvalue weighted by atomic mass is 32.2. The van der Waals surface area contributed by atoms with Crippen LogP contribution in [0.2, 0.25) is 0 Å². The summed E-state index contributed by atoms with van der Waals surface area (Å²) in [5, 5.41) is 4.86. The zero-order valence-corrected chi connectivity index (χ0v) is 12.9. The quantitative estimate of drug-likeness (QED) is 0.922. The van der Waals surface area contributed by atoms with E-state index in [1.54, 1.807) is 11.3 Å². The molecule has 2 aliphatic rings. The first-order valence-electron chi connectivity index (χ1n) is 7.06. The van der Waals surface area contributed by atoms with Gasteiger partial charge in [0.15, 0.2) is 0 Å². The summed E-state index contributed by atoms with van der Waals surface area (Å²) in [7, 11) is 0. The molecule has 104 valence electrons. The maximum atomic E-state index is 12.4. The van der Waals surface area contributed by atoms with Gasteiger partial charge in [-0.15, -0.1) is 23.1 Å². The van der Waals surface area contributed by atoms with E-state index in [4.69, 9.17) is 0 Å². The predicted octanol–water partition coefficient (Wildman–Crippen LogP) is 1.68. The highest BCUT2D eigenvalue weighted by Gasteiger charge is 2.40. The van der Waals surface area contributed by atoms with Crippen molar-refractivity contribution in [3.8, 4) is 0 Å². The van der Waals surface area contributed by atoms with Gasteiger partial charge in [0, 0.05) is 24.3 Å². The second-order valence-corrected chi connectivity index (χ2v) is 7.85. The Labute approximate surface area is 122 Å². The molecule has 1 amide bonds. The van der Waals surface area contributed by atoms with Crippen LogP contribution in [0.15, 0.2) is 17.5 Å². The predicted molar refractivity (Wildman–Crippen MR) is 80.2 cm³/mol. The molecule has 0 saturated carbocycles. The molecule has 3 rings (SSSR count). The van der Waals surface area contributed by atoms with Crippen LogP contribution in [0.5, 0.6) is 0 Å². The Bertz CT molecular complexity index is 429. The second kappa shape index (κ2) is 5.85. The number of thiophene rings is 1. The molecule has 2 saturated heterocycles. The Morgan fingerprint density at radius 2 is 2.21 bits per heavy atom. The summed E-state index contributed by atoms with van der Waals surface area (Å²) in [5.74, 6) is 1.03. The van der Waals surface area contributed by atoms with E-state index in [0.717, 1.165) is 6.54 Å². The Hall–Kier alpha value is -0.520. The average Bonchev–Trinajstić information content (AvgIpc) is 3.04. The van der Waals surface area contributed by atoms with Crippen LogP contribution in [0.25, 0.3) is 0 Å². The van der Waals surface area contributed by atoms with E-state index in [9.17, 15) is 4.79 Å². The monoisotopic (exact) mass is 297 g/mol. The topological polar surface area (TPSA) is 36.9 Å². The number of piperidine rings is 1. The summed E-state index contributed by atoms with van der Waals surface area (Å²) >= 11 is 3.58. The van der Waals surface area contributed by atoms with Crippen LogP contribution in [0.3, 0.4) is 0 Å². The van der Waals surface area contributed by atoms with Gasteiger partial charge in [0.25, 0.3) is 0 Å². The Kier molecular flexibility index (Phi) is 4.15. The second-order valence-electron chi connectivity index (χ2n) is 5.45. The molecule has 0 aromatic carbocycles. The van der Waals surface area contributed by atoms with E-state index in [0.29, 0.717) is 11.8 Å². The summed E-state index contributed by atoms with van der Waals surface area (Å²) in [6.07, 6.45) is 2.50. The van der Waals surface area contributed by atoms with Crippen LogP contribution in [0, 0.1) is 5.92 Å². The number of carbonyl (C=O) groups is 1. The molecular formula is C14H21N2OS2+. The SMILES string of the molecule is C[C@@H]1S[C@@H](c2cccs2)N(CC2CC[NH2+]CC2)C1=O. The third-order valence-corrected chi connectivity index (χ3v) is 6.50. The molecule has 0 unspecified atom stereocenters. The summed E-state index contributed by atoms with van der Waals surface area (Å²) in [4.78, 5) is 15.8. The largest absolute Gasteiger partial charge is 0.346 e. The first kappa shape index (κ1) is 13.5. The minimum absolute atomic E-state index is 0.113. The molecule has 0 radical (unpaired) electrons. The highest BCUT2D eigenvalue weighted by Crippen LogP contribution is 2.44. The number of hydrogen-bond acceptors (Lipinski definition) is 3. The van der Waals surface area contributed by atoms with Crippen molar-refractivity contribution < 1.29 is 10.1 Å². The summed E-state index contributed by atoms with van der Waals surface area (Å²) < 4.78 is 0. The molecule has 3 heterocycles. The van der Waals surface area contributed by atoms with Crippen LogP contribution < -0.4 is 5.32 Å². The fourth-order valence-corrected chi connectivity index (χ4v) is 5.21. The molecule has 5 heteroatoms. The normalized spacial score (nSPS) is 29.1. The third-order valence-electron chi connectivity index (χ3n) is 4.05. The number of nitrogens with two attached hydrogens (primary N) is 1. The molecular weight excluding hydrogens is 276 g/mol. The van der Waals surface area contributed by atoms with Crippen molar-refractivity contribution >= 4 is 29.0 Å². The lowest BCUT2D eigenvalue weighted by Crippen LogP contribution is -2.86. The van der Waals surface area contributed by atoms with Gasteiger partial charge in [-0.25, -0.2) is 0 Å². The van der Waals surface area contributed by atoms with Crippen LogP contribution >= 0.6 is 23.1 Å². The van der Waals surface area contributed by atoms with Gasteiger partial charge < -0.3 is 10.2 Å². The van der Waals surface area contributed by atoms with Crippen molar-refractivity contribution in [1.29, 1.82) is 0 Å². The fourth-order valence-electron chi connectivity index (χ4n) is 2.97. The van der Waals surface area contributed by atoms with E-state index in [-0.39, 0.29) is 10.6 Å². The number of amides is 1. The van der Waals surface area contributed by atoms with Crippen LogP contribution in [0.1, 0.15) is 30.0 Å². The smallest absolute Gasteiger partial charge is 0.236 e. The fraction of sp³-hybridized carbons (Fsp3) is 0.643. The maximum Gasteiger partial charge on any atom is 0.236 e. The molecule has 3 nitrogen and oxygen atoms in total. The molecule has 0 bridgehead atoms. The molecule has 1 aromatic rings. The number of carbonyl (C=O) groups excluding carboxylic acids is 1. The van der Waals surface area contributed by atoms with Crippen LogP contribution in [-0.2, 0) is 4.79 Å². The first-order chi connectivity index (χ1) is 9.25. The van der Waals surface area contributed by atoms with Gasteiger partial charge in [-0.1, -0.05) is 6.07 Å². The van der Waals surface area contributed by atoms with Gasteiger partial charge in [0.2, 0.25) is 5.91 Å². The molecule has 0 spiro atoms. The molecule has 2 N–H and O–H groups in total. The molecule has 2 atom stereocenters. The number of rotatable bonds is 3. The molecule has 2 fully saturated rings. The van der Waals surface area contributed by atoms with Crippen molar-refractivity contribution in [2.24, 2.45) is 5.92 Å². The average molecular weight is 297 g/mol. The van der Waals surface area contributed by atoms with Gasteiger partial charge in [0.05, 0.1) is 18.3 Å². The lowest BCUT2D eigenvalue weighted by Gasteiger charge is -2.29. The van der Waals surface area contributed by atoms with Gasteiger partial charge in [0.1, 0.15) is 5.37 Å². The van der Waals surface area contributed by atoms with E-state index in [1.807, 2.05) is 18.7 Å². The summed E-state index contributed by atoms with van der Waals surface area (Å²) in [6, 6.07) is 4.25. The van der Waals surface area contributed by atoms with Crippen molar-refractivity contribution in [2.45, 2.75) is 30.4 Å². The van der Waals surface area contributed by atoms with Gasteiger partial charge in [-0.3, -0.25) is 4.79 Å². The third kappa shape index (κ3) is 2.83. The lowest BCUT2D eigenvalue weighted by atomic mass is 9.97. The molecule has 19 heavy (non-hydrogen) atoms. The Morgan fingerprint density at radius 1 is 1.42 bits per heavy atom. The minimum atomic E-state index is 0.113. The van der Waals surface area contributed by atoms with Gasteiger partial charge in [-0.05, 0) is 24.3 Å². The Morgan fingerprint density at radius 3 is 2.89 bits per heavy atom. The van der Waals surface area contributed by atoms with E-state index in [1.165, 1.54) is 30.8 Å². The number of quaternary nitrogens is 1. The van der Waals surface area contributed by atoms with E-state index < -0.39 is 0 Å². The number of thioether (sulfide) groups is 1. The van der Waals surface area contributed by atoms with Crippen LogP contribution in [0.4, 0.5) is 0 Å². The van der Waals surface area contributed by atoms with Crippen LogP contribution in [-0.4, -0.2) is 35.7 Å². The molecule has 1 aromatic heterocycles. The van der Waals surface area contributed by atoms with Crippen molar-refractivity contribution in [3.05, 3.63) is 22.4 Å². The van der Waals surface area contributed by atoms with Gasteiger partial charge in [-0.2, -0.15) is 0 Å². The maximum absolute atomic E-state index is 12.4. The standard InChI is InChI=1S/C14H20N2OS2/c1-10-13(17)16(9-11-4-6-15-7-5-11)14(19-10)12-3-2-8-18-12/h2-3,8,10-11,14-15H,4-7,9H2,1H3/p+1/t10-,14-/m0/s1. The van der Waals surface area contributed by atoms with Crippen molar-refractivity contribution in [3.63, 3.8) is 0 Å². The zero-order chi connectivity index (χ0) is 13.2. The number of hydrogen-bond donors (Lipinski definition) is 1. The summed E-state index contributed by atoms with van der Waals surface area (Å²) in [5.41, 5.74) is 0. The molecule has 2 aliphatic heterocycles. The van der Waals surface area contributed by atoms with Gasteiger partial charge >= 0.3 is 0 Å². The Balaban J connectivity index is 1.73. The lowest BCUT2D eigenvalue weighted by molar-refractivity contribution is -0.664. The first-order valence-corrected chi connectivity index (χ1v) is 8.89. The van der Waals surface area contributed by atoms with Crippen molar-refractivity contribution in [2.75, 3.05) is 19.6 Å². The minimum Gasteiger partial charge on any atom is -0.346 e. The van der Waals surface area contributed by atoms with E-state index in [2.05, 4.69) is 27.7 Å². The summed E-state index contributed by atoms with van der Waals surface area (Å²) in [6.45, 7) is 5.44. The molecule has 0 aliphatic carbocycles. The van der Waals surface area contributed by atoms with Crippen molar-refractivity contribution in [1.82, 2.24) is 4.90 Å². The highest BCUT2D eigenvalue weighted by molar-refractivity contribution is 8.01.